The number of hydrogen-bond donors (Lipinski definition) is 1. The molecule has 2 aromatic carbocycles. The molecule has 6 nitrogen and oxygen atoms in total. The largest absolute Gasteiger partial charge is 0.454 e. The first kappa shape index (κ1) is 17.5. The molecule has 1 aliphatic heterocycles. The molecule has 1 amide bonds. The van der Waals surface area contributed by atoms with Crippen LogP contribution in [0.15, 0.2) is 48.5 Å². The van der Waals surface area contributed by atoms with Crippen molar-refractivity contribution in [3.63, 3.8) is 0 Å². The third kappa shape index (κ3) is 4.45. The minimum Gasteiger partial charge on any atom is -0.454 e. The van der Waals surface area contributed by atoms with Crippen LogP contribution in [0, 0.1) is 0 Å². The van der Waals surface area contributed by atoms with Crippen LogP contribution in [0.2, 0.25) is 5.02 Å². The minimum atomic E-state index is -0.276. The lowest BCUT2D eigenvalue weighted by molar-refractivity contribution is -0.111. The summed E-state index contributed by atoms with van der Waals surface area (Å²) >= 11 is 7.23. The quantitative estimate of drug-likeness (QED) is 0.652. The third-order valence-corrected chi connectivity index (χ3v) is 4.88. The smallest absolute Gasteiger partial charge is 0.250 e. The van der Waals surface area contributed by atoms with Crippen molar-refractivity contribution >= 4 is 40.1 Å². The van der Waals surface area contributed by atoms with E-state index in [2.05, 4.69) is 15.5 Å². The van der Waals surface area contributed by atoms with Gasteiger partial charge in [0.05, 0.1) is 0 Å². The number of carbonyl (C=O) groups excluding carboxylic acids is 1. The highest BCUT2D eigenvalue weighted by Gasteiger charge is 2.12. The number of aromatic nitrogens is 2. The van der Waals surface area contributed by atoms with Crippen molar-refractivity contribution < 1.29 is 14.3 Å². The molecule has 0 fully saturated rings. The number of hydrogen-bond acceptors (Lipinski definition) is 6. The monoisotopic (exact) mass is 399 g/mol. The summed E-state index contributed by atoms with van der Waals surface area (Å²) < 4.78 is 10.6. The molecule has 0 saturated carbocycles. The van der Waals surface area contributed by atoms with E-state index in [1.165, 1.54) is 17.4 Å². The van der Waals surface area contributed by atoms with Crippen molar-refractivity contribution in [1.29, 1.82) is 0 Å². The van der Waals surface area contributed by atoms with Gasteiger partial charge in [0.25, 0.3) is 0 Å². The number of anilines is 1. The maximum absolute atomic E-state index is 12.1. The van der Waals surface area contributed by atoms with Crippen molar-refractivity contribution in [1.82, 2.24) is 10.2 Å². The second kappa shape index (κ2) is 7.77. The van der Waals surface area contributed by atoms with E-state index < -0.39 is 0 Å². The van der Waals surface area contributed by atoms with Gasteiger partial charge in [0.15, 0.2) is 11.5 Å². The predicted octanol–water partition coefficient (Wildman–Crippen LogP) is 4.16. The van der Waals surface area contributed by atoms with Gasteiger partial charge in [-0.2, -0.15) is 0 Å². The maximum Gasteiger partial charge on any atom is 0.250 e. The molecule has 136 valence electrons. The maximum atomic E-state index is 12.1. The highest BCUT2D eigenvalue weighted by Crippen LogP contribution is 2.32. The van der Waals surface area contributed by atoms with Crippen LogP contribution in [0.25, 0.3) is 6.08 Å². The molecule has 3 aromatic rings. The van der Waals surface area contributed by atoms with Crippen LogP contribution in [0.3, 0.4) is 0 Å². The van der Waals surface area contributed by atoms with Crippen molar-refractivity contribution in [2.45, 2.75) is 6.42 Å². The van der Waals surface area contributed by atoms with Crippen molar-refractivity contribution in [2.24, 2.45) is 0 Å². The number of halogens is 1. The fraction of sp³-hybridized carbons (Fsp3) is 0.105. The van der Waals surface area contributed by atoms with Gasteiger partial charge < -0.3 is 9.47 Å². The molecule has 27 heavy (non-hydrogen) atoms. The fourth-order valence-electron chi connectivity index (χ4n) is 2.49. The number of benzene rings is 2. The summed E-state index contributed by atoms with van der Waals surface area (Å²) in [6.07, 6.45) is 3.78. The molecule has 8 heteroatoms. The predicted molar refractivity (Wildman–Crippen MR) is 104 cm³/mol. The summed E-state index contributed by atoms with van der Waals surface area (Å²) in [6, 6.07) is 13.0. The van der Waals surface area contributed by atoms with Crippen molar-refractivity contribution in [3.8, 4) is 11.5 Å². The van der Waals surface area contributed by atoms with Crippen LogP contribution in [-0.4, -0.2) is 22.9 Å². The molecule has 0 atom stereocenters. The average Bonchev–Trinajstić information content (AvgIpc) is 3.30. The Morgan fingerprint density at radius 1 is 1.15 bits per heavy atom. The summed E-state index contributed by atoms with van der Waals surface area (Å²) in [6.45, 7) is 0.221. The first-order chi connectivity index (χ1) is 13.2. The standard InChI is InChI=1S/C19H14ClN3O3S/c20-14-5-1-13(2-6-14)10-18-22-23-19(27-18)21-17(24)8-4-12-3-7-15-16(9-12)26-11-25-15/h1-9H,10-11H2,(H,21,23,24)/b8-4+. The van der Waals surface area contributed by atoms with Gasteiger partial charge >= 0.3 is 0 Å². The SMILES string of the molecule is O=C(/C=C/c1ccc2c(c1)OCO2)Nc1nnc(Cc2ccc(Cl)cc2)s1. The number of amides is 1. The van der Waals surface area contributed by atoms with E-state index in [1.54, 1.807) is 6.08 Å². The summed E-state index contributed by atoms with van der Waals surface area (Å²) in [5, 5.41) is 12.8. The summed E-state index contributed by atoms with van der Waals surface area (Å²) in [5.74, 6) is 1.11. The Morgan fingerprint density at radius 3 is 2.81 bits per heavy atom. The van der Waals surface area contributed by atoms with Gasteiger partial charge in [-0.05, 0) is 41.5 Å². The number of nitrogens with one attached hydrogen (secondary N) is 1. The van der Waals surface area contributed by atoms with Gasteiger partial charge in [-0.15, -0.1) is 10.2 Å². The molecule has 2 heterocycles. The van der Waals surface area contributed by atoms with Gasteiger partial charge in [-0.25, -0.2) is 0 Å². The minimum absolute atomic E-state index is 0.221. The number of rotatable bonds is 5. The topological polar surface area (TPSA) is 73.3 Å². The lowest BCUT2D eigenvalue weighted by Crippen LogP contribution is -2.07. The van der Waals surface area contributed by atoms with Crippen LogP contribution in [0.4, 0.5) is 5.13 Å². The van der Waals surface area contributed by atoms with Gasteiger partial charge in [-0.3, -0.25) is 10.1 Å². The Bertz CT molecular complexity index is 1000. The summed E-state index contributed by atoms with van der Waals surface area (Å²) in [5.41, 5.74) is 1.92. The zero-order valence-corrected chi connectivity index (χ0v) is 15.6. The molecule has 0 saturated heterocycles. The molecular weight excluding hydrogens is 386 g/mol. The van der Waals surface area contributed by atoms with Crippen molar-refractivity contribution in [3.05, 3.63) is 69.7 Å². The second-order valence-electron chi connectivity index (χ2n) is 5.74. The highest BCUT2D eigenvalue weighted by atomic mass is 35.5. The van der Waals surface area contributed by atoms with Crippen molar-refractivity contribution in [2.75, 3.05) is 12.1 Å². The van der Waals surface area contributed by atoms with E-state index in [1.807, 2.05) is 42.5 Å². The molecule has 1 aromatic heterocycles. The van der Waals surface area contributed by atoms with Crippen LogP contribution >= 0.6 is 22.9 Å². The zero-order chi connectivity index (χ0) is 18.6. The van der Waals surface area contributed by atoms with E-state index in [-0.39, 0.29) is 12.7 Å². The molecule has 0 bridgehead atoms. The molecule has 0 radical (unpaired) electrons. The van der Waals surface area contributed by atoms with Gasteiger partial charge in [0.2, 0.25) is 17.8 Å². The van der Waals surface area contributed by atoms with Gasteiger partial charge in [-0.1, -0.05) is 41.1 Å². The number of carbonyl (C=O) groups is 1. The van der Waals surface area contributed by atoms with E-state index in [0.29, 0.717) is 28.1 Å². The molecule has 0 unspecified atom stereocenters. The van der Waals surface area contributed by atoms with Crippen LogP contribution in [0.1, 0.15) is 16.1 Å². The molecular formula is C19H14ClN3O3S. The van der Waals surface area contributed by atoms with Gasteiger partial charge in [0, 0.05) is 17.5 Å². The van der Waals surface area contributed by atoms with Crippen LogP contribution in [-0.2, 0) is 11.2 Å². The Labute approximate surface area is 164 Å². The lowest BCUT2D eigenvalue weighted by Gasteiger charge is -1.98. The Morgan fingerprint density at radius 2 is 1.96 bits per heavy atom. The molecule has 1 N–H and O–H groups in total. The van der Waals surface area contributed by atoms with Crippen LogP contribution < -0.4 is 14.8 Å². The Balaban J connectivity index is 1.35. The van der Waals surface area contributed by atoms with E-state index in [9.17, 15) is 4.79 Å². The Hall–Kier alpha value is -2.90. The molecule has 4 rings (SSSR count). The van der Waals surface area contributed by atoms with E-state index in [0.717, 1.165) is 16.1 Å². The first-order valence-electron chi connectivity index (χ1n) is 8.11. The second-order valence-corrected chi connectivity index (χ2v) is 7.24. The first-order valence-corrected chi connectivity index (χ1v) is 9.31. The molecule has 0 aliphatic carbocycles. The number of ether oxygens (including phenoxy) is 2. The fourth-order valence-corrected chi connectivity index (χ4v) is 3.39. The normalized spacial score (nSPS) is 12.5. The average molecular weight is 400 g/mol. The third-order valence-electron chi connectivity index (χ3n) is 3.79. The van der Waals surface area contributed by atoms with Crippen LogP contribution in [0.5, 0.6) is 11.5 Å². The number of fused-ring (bicyclic) bond motifs is 1. The number of nitrogens with zero attached hydrogens (tertiary/aromatic N) is 2. The Kier molecular flexibility index (Phi) is 5.04. The highest BCUT2D eigenvalue weighted by molar-refractivity contribution is 7.15. The summed E-state index contributed by atoms with van der Waals surface area (Å²) in [7, 11) is 0. The summed E-state index contributed by atoms with van der Waals surface area (Å²) in [4.78, 5) is 12.1. The molecule has 1 aliphatic rings. The van der Waals surface area contributed by atoms with E-state index >= 15 is 0 Å². The lowest BCUT2D eigenvalue weighted by atomic mass is 10.2. The van der Waals surface area contributed by atoms with Gasteiger partial charge in [0.1, 0.15) is 5.01 Å². The molecule has 0 spiro atoms. The zero-order valence-electron chi connectivity index (χ0n) is 14.0. The van der Waals surface area contributed by atoms with E-state index in [4.69, 9.17) is 21.1 Å².